The second kappa shape index (κ2) is 5.20. The van der Waals surface area contributed by atoms with Crippen molar-refractivity contribution in [2.75, 3.05) is 13.1 Å². The van der Waals surface area contributed by atoms with Gasteiger partial charge in [0.2, 0.25) is 5.91 Å². The number of nitrogens with two attached hydrogens (primary N) is 1. The average molecular weight is 252 g/mol. The summed E-state index contributed by atoms with van der Waals surface area (Å²) in [6.07, 6.45) is 5.83. The van der Waals surface area contributed by atoms with Gasteiger partial charge in [0.15, 0.2) is 0 Å². The third-order valence-electron chi connectivity index (χ3n) is 4.71. The van der Waals surface area contributed by atoms with E-state index in [-0.39, 0.29) is 17.4 Å². The summed E-state index contributed by atoms with van der Waals surface area (Å²) in [4.78, 5) is 14.4. The quantitative estimate of drug-likeness (QED) is 0.820. The largest absolute Gasteiger partial charge is 0.342 e. The SMILES string of the molecule is CC(C)(C)C(N)CC(=O)N1CC2CCCC(C2)C1. The van der Waals surface area contributed by atoms with Crippen molar-refractivity contribution in [1.29, 1.82) is 0 Å². The third-order valence-corrected chi connectivity index (χ3v) is 4.71. The van der Waals surface area contributed by atoms with Crippen LogP contribution in [0.5, 0.6) is 0 Å². The summed E-state index contributed by atoms with van der Waals surface area (Å²) in [6.45, 7) is 8.28. The number of piperidine rings is 1. The summed E-state index contributed by atoms with van der Waals surface area (Å²) >= 11 is 0. The van der Waals surface area contributed by atoms with E-state index in [0.717, 1.165) is 24.9 Å². The van der Waals surface area contributed by atoms with E-state index in [2.05, 4.69) is 25.7 Å². The van der Waals surface area contributed by atoms with Crippen LogP contribution in [-0.2, 0) is 4.79 Å². The Morgan fingerprint density at radius 2 is 1.83 bits per heavy atom. The Kier molecular flexibility index (Phi) is 4.00. The number of likely N-dealkylation sites (tertiary alicyclic amines) is 1. The number of amides is 1. The highest BCUT2D eigenvalue weighted by atomic mass is 16.2. The summed E-state index contributed by atoms with van der Waals surface area (Å²) in [5.41, 5.74) is 6.14. The molecule has 1 heterocycles. The fourth-order valence-electron chi connectivity index (χ4n) is 3.26. The summed E-state index contributed by atoms with van der Waals surface area (Å²) in [6, 6.07) is -0.0354. The Hall–Kier alpha value is -0.570. The minimum atomic E-state index is -0.0354. The zero-order valence-corrected chi connectivity index (χ0v) is 12.1. The molecule has 2 rings (SSSR count). The van der Waals surface area contributed by atoms with Crippen molar-refractivity contribution in [1.82, 2.24) is 4.90 Å². The first-order valence-electron chi connectivity index (χ1n) is 7.39. The molecular weight excluding hydrogens is 224 g/mol. The number of hydrogen-bond acceptors (Lipinski definition) is 2. The van der Waals surface area contributed by atoms with Gasteiger partial charge in [-0.15, -0.1) is 0 Å². The topological polar surface area (TPSA) is 46.3 Å². The predicted molar refractivity (Wildman–Crippen MR) is 74.1 cm³/mol. The molecule has 0 aromatic carbocycles. The van der Waals surface area contributed by atoms with Crippen molar-refractivity contribution in [3.05, 3.63) is 0 Å². The van der Waals surface area contributed by atoms with Crippen LogP contribution in [0.2, 0.25) is 0 Å². The van der Waals surface area contributed by atoms with E-state index in [9.17, 15) is 4.79 Å². The van der Waals surface area contributed by atoms with Crippen LogP contribution in [0.3, 0.4) is 0 Å². The van der Waals surface area contributed by atoms with Crippen LogP contribution in [0.4, 0.5) is 0 Å². The lowest BCUT2D eigenvalue weighted by Crippen LogP contribution is -2.48. The second-order valence-corrected chi connectivity index (χ2v) is 7.37. The molecule has 1 saturated carbocycles. The lowest BCUT2D eigenvalue weighted by atomic mass is 9.77. The van der Waals surface area contributed by atoms with Gasteiger partial charge in [-0.1, -0.05) is 27.2 Å². The van der Waals surface area contributed by atoms with Gasteiger partial charge >= 0.3 is 0 Å². The summed E-state index contributed by atoms with van der Waals surface area (Å²) in [5, 5.41) is 0. The number of nitrogens with zero attached hydrogens (tertiary/aromatic N) is 1. The molecule has 0 spiro atoms. The number of carbonyl (C=O) groups excluding carboxylic acids is 1. The van der Waals surface area contributed by atoms with Gasteiger partial charge in [0.1, 0.15) is 0 Å². The van der Waals surface area contributed by atoms with Gasteiger partial charge in [0, 0.05) is 25.6 Å². The molecule has 1 saturated heterocycles. The molecule has 3 unspecified atom stereocenters. The van der Waals surface area contributed by atoms with Gasteiger partial charge < -0.3 is 10.6 Å². The van der Waals surface area contributed by atoms with E-state index in [0.29, 0.717) is 6.42 Å². The number of hydrogen-bond donors (Lipinski definition) is 1. The molecule has 3 atom stereocenters. The van der Waals surface area contributed by atoms with Gasteiger partial charge in [-0.2, -0.15) is 0 Å². The minimum Gasteiger partial charge on any atom is -0.342 e. The van der Waals surface area contributed by atoms with Gasteiger partial charge in [0.05, 0.1) is 0 Å². The molecule has 0 aromatic rings. The minimum absolute atomic E-state index is 0.0152. The molecule has 2 aliphatic rings. The Labute approximate surface area is 111 Å². The van der Waals surface area contributed by atoms with Crippen LogP contribution in [0.15, 0.2) is 0 Å². The van der Waals surface area contributed by atoms with Crippen LogP contribution in [-0.4, -0.2) is 29.9 Å². The van der Waals surface area contributed by atoms with Crippen LogP contribution in [0.25, 0.3) is 0 Å². The fourth-order valence-corrected chi connectivity index (χ4v) is 3.26. The van der Waals surface area contributed by atoms with Gasteiger partial charge in [0.25, 0.3) is 0 Å². The molecule has 0 aromatic heterocycles. The van der Waals surface area contributed by atoms with Crippen molar-refractivity contribution in [2.45, 2.75) is 58.9 Å². The molecule has 2 fully saturated rings. The zero-order chi connectivity index (χ0) is 13.3. The molecule has 0 radical (unpaired) electrons. The monoisotopic (exact) mass is 252 g/mol. The van der Waals surface area contributed by atoms with Gasteiger partial charge in [-0.25, -0.2) is 0 Å². The van der Waals surface area contributed by atoms with Gasteiger partial charge in [-0.3, -0.25) is 4.79 Å². The fraction of sp³-hybridized carbons (Fsp3) is 0.933. The number of rotatable bonds is 2. The standard InChI is InChI=1S/C15H28N2O/c1-15(2,3)13(16)8-14(18)17-9-11-5-4-6-12(7-11)10-17/h11-13H,4-10,16H2,1-3H3. The highest BCUT2D eigenvalue weighted by Gasteiger charge is 2.34. The van der Waals surface area contributed by atoms with Crippen molar-refractivity contribution in [3.63, 3.8) is 0 Å². The molecule has 2 bridgehead atoms. The molecule has 2 N–H and O–H groups in total. The maximum atomic E-state index is 12.3. The lowest BCUT2D eigenvalue weighted by Gasteiger charge is -2.42. The Bertz CT molecular complexity index is 296. The van der Waals surface area contributed by atoms with Crippen LogP contribution in [0, 0.1) is 17.3 Å². The normalized spacial score (nSPS) is 30.1. The van der Waals surface area contributed by atoms with Crippen LogP contribution in [0.1, 0.15) is 52.9 Å². The van der Waals surface area contributed by atoms with Crippen molar-refractivity contribution in [3.8, 4) is 0 Å². The molecule has 3 heteroatoms. The summed E-state index contributed by atoms with van der Waals surface area (Å²) in [5.74, 6) is 1.79. The third kappa shape index (κ3) is 3.25. The van der Waals surface area contributed by atoms with E-state index in [4.69, 9.17) is 5.73 Å². The maximum Gasteiger partial charge on any atom is 0.224 e. The first-order valence-corrected chi connectivity index (χ1v) is 7.39. The van der Waals surface area contributed by atoms with Crippen molar-refractivity contribution in [2.24, 2.45) is 23.0 Å². The highest BCUT2D eigenvalue weighted by molar-refractivity contribution is 5.77. The Morgan fingerprint density at radius 3 is 2.33 bits per heavy atom. The van der Waals surface area contributed by atoms with E-state index in [1.165, 1.54) is 25.7 Å². The second-order valence-electron chi connectivity index (χ2n) is 7.37. The van der Waals surface area contributed by atoms with Gasteiger partial charge in [-0.05, 0) is 36.5 Å². The summed E-state index contributed by atoms with van der Waals surface area (Å²) in [7, 11) is 0. The molecule has 3 nitrogen and oxygen atoms in total. The lowest BCUT2D eigenvalue weighted by molar-refractivity contribution is -0.135. The van der Waals surface area contributed by atoms with Crippen molar-refractivity contribution >= 4 is 5.91 Å². The van der Waals surface area contributed by atoms with Crippen LogP contribution >= 0.6 is 0 Å². The summed E-state index contributed by atoms with van der Waals surface area (Å²) < 4.78 is 0. The van der Waals surface area contributed by atoms with Crippen LogP contribution < -0.4 is 5.73 Å². The smallest absolute Gasteiger partial charge is 0.224 e. The highest BCUT2D eigenvalue weighted by Crippen LogP contribution is 2.34. The zero-order valence-electron chi connectivity index (χ0n) is 12.1. The van der Waals surface area contributed by atoms with E-state index < -0.39 is 0 Å². The number of carbonyl (C=O) groups is 1. The maximum absolute atomic E-state index is 12.3. The first kappa shape index (κ1) is 13.9. The first-order chi connectivity index (χ1) is 8.36. The van der Waals surface area contributed by atoms with E-state index >= 15 is 0 Å². The van der Waals surface area contributed by atoms with Crippen molar-refractivity contribution < 1.29 is 4.79 Å². The molecule has 18 heavy (non-hydrogen) atoms. The molecule has 1 aliphatic heterocycles. The molecule has 104 valence electrons. The Morgan fingerprint density at radius 1 is 1.28 bits per heavy atom. The van der Waals surface area contributed by atoms with E-state index in [1.807, 2.05) is 0 Å². The predicted octanol–water partition coefficient (Wildman–Crippen LogP) is 2.40. The number of fused-ring (bicyclic) bond motifs is 2. The Balaban J connectivity index is 1.89. The molecular formula is C15H28N2O. The van der Waals surface area contributed by atoms with E-state index in [1.54, 1.807) is 0 Å². The average Bonchev–Trinajstić information content (AvgIpc) is 2.27. The molecule has 1 aliphatic carbocycles. The molecule has 1 amide bonds.